The molecule has 1 aromatic heterocycles. The molecule has 0 saturated heterocycles. The van der Waals surface area contributed by atoms with Crippen molar-refractivity contribution >= 4 is 32.7 Å². The molecule has 3 rings (SSSR count). The minimum absolute atomic E-state index is 0.735. The summed E-state index contributed by atoms with van der Waals surface area (Å²) in [7, 11) is 0. The summed E-state index contributed by atoms with van der Waals surface area (Å²) in [5, 5.41) is 0. The van der Waals surface area contributed by atoms with E-state index < -0.39 is 0 Å². The van der Waals surface area contributed by atoms with Crippen LogP contribution >= 0.6 is 15.9 Å². The van der Waals surface area contributed by atoms with Crippen LogP contribution in [0.15, 0.2) is 46.9 Å². The van der Waals surface area contributed by atoms with Crippen LogP contribution in [0.5, 0.6) is 0 Å². The number of aryl methyl sites for hydroxylation is 1. The predicted molar refractivity (Wildman–Crippen MR) is 83.0 cm³/mol. The smallest absolute Gasteiger partial charge is 0.141 e. The Morgan fingerprint density at radius 1 is 1.21 bits per heavy atom. The highest BCUT2D eigenvalue weighted by Crippen LogP contribution is 2.28. The summed E-state index contributed by atoms with van der Waals surface area (Å²) in [5.74, 6) is 0.955. The number of aromatic nitrogens is 2. The molecule has 0 radical (unpaired) electrons. The Labute approximate surface area is 120 Å². The van der Waals surface area contributed by atoms with Gasteiger partial charge in [-0.05, 0) is 37.3 Å². The Kier molecular flexibility index (Phi) is 3.03. The van der Waals surface area contributed by atoms with E-state index in [2.05, 4.69) is 33.5 Å². The Morgan fingerprint density at radius 2 is 2.00 bits per heavy atom. The van der Waals surface area contributed by atoms with Gasteiger partial charge in [0.2, 0.25) is 0 Å². The lowest BCUT2D eigenvalue weighted by atomic mass is 10.2. The number of benzene rings is 2. The SMILES string of the molecule is CCn1c(-c2cc(N)cc(Br)c2)nc2ccccc21. The first-order valence-electron chi connectivity index (χ1n) is 6.20. The van der Waals surface area contributed by atoms with Crippen LogP contribution in [0, 0.1) is 0 Å². The highest BCUT2D eigenvalue weighted by Gasteiger charge is 2.11. The standard InChI is InChI=1S/C15H14BrN3/c1-2-19-14-6-4-3-5-13(14)18-15(19)10-7-11(16)9-12(17)8-10/h3-9H,2,17H2,1H3. The first kappa shape index (κ1) is 12.2. The molecule has 19 heavy (non-hydrogen) atoms. The molecule has 0 bridgehead atoms. The molecule has 2 aromatic carbocycles. The number of nitrogen functional groups attached to an aromatic ring is 1. The predicted octanol–water partition coefficient (Wildman–Crippen LogP) is 4.07. The van der Waals surface area contributed by atoms with Crippen LogP contribution in [0.25, 0.3) is 22.4 Å². The number of nitrogens with zero attached hydrogens (tertiary/aromatic N) is 2. The van der Waals surface area contributed by atoms with Gasteiger partial charge in [-0.2, -0.15) is 0 Å². The molecule has 0 aliphatic carbocycles. The van der Waals surface area contributed by atoms with E-state index >= 15 is 0 Å². The van der Waals surface area contributed by atoms with Gasteiger partial charge < -0.3 is 10.3 Å². The number of halogens is 1. The van der Waals surface area contributed by atoms with Gasteiger partial charge in [0, 0.05) is 22.3 Å². The maximum absolute atomic E-state index is 5.92. The van der Waals surface area contributed by atoms with E-state index in [0.717, 1.165) is 39.1 Å². The molecule has 0 aliphatic heterocycles. The number of hydrogen-bond donors (Lipinski definition) is 1. The van der Waals surface area contributed by atoms with Gasteiger partial charge >= 0.3 is 0 Å². The maximum atomic E-state index is 5.92. The summed E-state index contributed by atoms with van der Waals surface area (Å²) in [6.45, 7) is 3.00. The van der Waals surface area contributed by atoms with Crippen LogP contribution in [-0.4, -0.2) is 9.55 Å². The van der Waals surface area contributed by atoms with Crippen molar-refractivity contribution < 1.29 is 0 Å². The largest absolute Gasteiger partial charge is 0.399 e. The highest BCUT2D eigenvalue weighted by molar-refractivity contribution is 9.10. The number of rotatable bonds is 2. The van der Waals surface area contributed by atoms with Crippen molar-refractivity contribution in [3.63, 3.8) is 0 Å². The molecule has 3 nitrogen and oxygen atoms in total. The van der Waals surface area contributed by atoms with Crippen molar-refractivity contribution in [2.75, 3.05) is 5.73 Å². The van der Waals surface area contributed by atoms with Crippen LogP contribution in [0.3, 0.4) is 0 Å². The molecule has 0 fully saturated rings. The van der Waals surface area contributed by atoms with Gasteiger partial charge in [-0.25, -0.2) is 4.98 Å². The minimum Gasteiger partial charge on any atom is -0.399 e. The lowest BCUT2D eigenvalue weighted by Gasteiger charge is -2.07. The number of nitrogens with two attached hydrogens (primary N) is 1. The summed E-state index contributed by atoms with van der Waals surface area (Å²) >= 11 is 3.48. The highest BCUT2D eigenvalue weighted by atomic mass is 79.9. The molecule has 0 unspecified atom stereocenters. The van der Waals surface area contributed by atoms with Gasteiger partial charge in [0.15, 0.2) is 0 Å². The van der Waals surface area contributed by atoms with Crippen molar-refractivity contribution in [1.29, 1.82) is 0 Å². The van der Waals surface area contributed by atoms with Crippen LogP contribution in [-0.2, 0) is 6.54 Å². The molecular weight excluding hydrogens is 302 g/mol. The zero-order valence-corrected chi connectivity index (χ0v) is 12.2. The molecule has 96 valence electrons. The minimum atomic E-state index is 0.735. The van der Waals surface area contributed by atoms with Crippen molar-refractivity contribution in [3.05, 3.63) is 46.9 Å². The van der Waals surface area contributed by atoms with Crippen LogP contribution in [0.4, 0.5) is 5.69 Å². The van der Waals surface area contributed by atoms with E-state index in [0.29, 0.717) is 0 Å². The fourth-order valence-corrected chi connectivity index (χ4v) is 2.87. The summed E-state index contributed by atoms with van der Waals surface area (Å²) in [4.78, 5) is 4.72. The van der Waals surface area contributed by atoms with E-state index in [1.807, 2.05) is 36.4 Å². The second kappa shape index (κ2) is 4.70. The monoisotopic (exact) mass is 315 g/mol. The van der Waals surface area contributed by atoms with E-state index in [1.54, 1.807) is 0 Å². The summed E-state index contributed by atoms with van der Waals surface area (Å²) < 4.78 is 3.17. The first-order valence-corrected chi connectivity index (χ1v) is 7.00. The van der Waals surface area contributed by atoms with Crippen molar-refractivity contribution in [1.82, 2.24) is 9.55 Å². The molecule has 0 atom stereocenters. The van der Waals surface area contributed by atoms with E-state index in [1.165, 1.54) is 0 Å². The van der Waals surface area contributed by atoms with Crippen molar-refractivity contribution in [2.24, 2.45) is 0 Å². The molecule has 1 heterocycles. The number of fused-ring (bicyclic) bond motifs is 1. The van der Waals surface area contributed by atoms with Gasteiger partial charge in [0.25, 0.3) is 0 Å². The van der Waals surface area contributed by atoms with E-state index in [9.17, 15) is 0 Å². The maximum Gasteiger partial charge on any atom is 0.141 e. The van der Waals surface area contributed by atoms with Gasteiger partial charge in [-0.3, -0.25) is 0 Å². The third-order valence-corrected chi connectivity index (χ3v) is 3.61. The fourth-order valence-electron chi connectivity index (χ4n) is 2.36. The van der Waals surface area contributed by atoms with Gasteiger partial charge in [0.1, 0.15) is 5.82 Å². The summed E-state index contributed by atoms with van der Waals surface area (Å²) in [6.07, 6.45) is 0. The van der Waals surface area contributed by atoms with E-state index in [-0.39, 0.29) is 0 Å². The van der Waals surface area contributed by atoms with E-state index in [4.69, 9.17) is 10.7 Å². The van der Waals surface area contributed by atoms with Crippen LogP contribution < -0.4 is 5.73 Å². The average molecular weight is 316 g/mol. The average Bonchev–Trinajstić information content (AvgIpc) is 2.76. The zero-order valence-electron chi connectivity index (χ0n) is 10.6. The van der Waals surface area contributed by atoms with Crippen LogP contribution in [0.2, 0.25) is 0 Å². The summed E-state index contributed by atoms with van der Waals surface area (Å²) in [6, 6.07) is 14.1. The third kappa shape index (κ3) is 2.12. The van der Waals surface area contributed by atoms with Crippen molar-refractivity contribution in [2.45, 2.75) is 13.5 Å². The number of anilines is 1. The Morgan fingerprint density at radius 3 is 2.74 bits per heavy atom. The quantitative estimate of drug-likeness (QED) is 0.724. The zero-order chi connectivity index (χ0) is 13.4. The Bertz CT molecular complexity index is 726. The molecule has 4 heteroatoms. The number of para-hydroxylation sites is 2. The second-order valence-electron chi connectivity index (χ2n) is 4.44. The molecule has 3 aromatic rings. The number of hydrogen-bond acceptors (Lipinski definition) is 2. The molecular formula is C15H14BrN3. The molecule has 0 amide bonds. The fraction of sp³-hybridized carbons (Fsp3) is 0.133. The topological polar surface area (TPSA) is 43.8 Å². The molecule has 0 saturated carbocycles. The van der Waals surface area contributed by atoms with Gasteiger partial charge in [0.05, 0.1) is 11.0 Å². The van der Waals surface area contributed by atoms with Gasteiger partial charge in [-0.1, -0.05) is 28.1 Å². The van der Waals surface area contributed by atoms with Gasteiger partial charge in [-0.15, -0.1) is 0 Å². The molecule has 0 aliphatic rings. The Balaban J connectivity index is 2.29. The lowest BCUT2D eigenvalue weighted by molar-refractivity contribution is 0.796. The number of imidazole rings is 1. The normalized spacial score (nSPS) is 11.1. The first-order chi connectivity index (χ1) is 9.19. The molecule has 2 N–H and O–H groups in total. The summed E-state index contributed by atoms with van der Waals surface area (Å²) in [5.41, 5.74) is 9.85. The lowest BCUT2D eigenvalue weighted by Crippen LogP contribution is -1.98. The van der Waals surface area contributed by atoms with Crippen molar-refractivity contribution in [3.8, 4) is 11.4 Å². The second-order valence-corrected chi connectivity index (χ2v) is 5.36. The molecule has 0 spiro atoms. The third-order valence-electron chi connectivity index (χ3n) is 3.15. The Hall–Kier alpha value is -1.81. The van der Waals surface area contributed by atoms with Crippen LogP contribution in [0.1, 0.15) is 6.92 Å².